The Labute approximate surface area is 94.7 Å². The van der Waals surface area contributed by atoms with Crippen LogP contribution in [0.4, 0.5) is 14.5 Å². The summed E-state index contributed by atoms with van der Waals surface area (Å²) in [7, 11) is 0. The lowest BCUT2D eigenvalue weighted by Crippen LogP contribution is -1.96. The van der Waals surface area contributed by atoms with Crippen LogP contribution in [0.3, 0.4) is 0 Å². The van der Waals surface area contributed by atoms with Crippen molar-refractivity contribution in [1.29, 1.82) is 0 Å². The molecule has 0 aliphatic carbocycles. The highest BCUT2D eigenvalue weighted by molar-refractivity contribution is 5.66. The fourth-order valence-electron chi connectivity index (χ4n) is 1.42. The zero-order valence-corrected chi connectivity index (χ0v) is 8.43. The predicted octanol–water partition coefficient (Wildman–Crippen LogP) is 2.94. The van der Waals surface area contributed by atoms with Crippen molar-refractivity contribution in [2.24, 2.45) is 0 Å². The van der Waals surface area contributed by atoms with Crippen LogP contribution in [0.1, 0.15) is 0 Å². The van der Waals surface area contributed by atoms with Crippen LogP contribution in [0.5, 0.6) is 0 Å². The highest BCUT2D eigenvalue weighted by atomic mass is 19.1. The smallest absolute Gasteiger partial charge is 0.264 e. The second-order valence-corrected chi connectivity index (χ2v) is 3.28. The second-order valence-electron chi connectivity index (χ2n) is 3.28. The number of hydrogen-bond donors (Lipinski definition) is 0. The number of pyridine rings is 1. The van der Waals surface area contributed by atoms with Crippen LogP contribution >= 0.6 is 0 Å². The van der Waals surface area contributed by atoms with Crippen molar-refractivity contribution in [3.05, 3.63) is 58.4 Å². The van der Waals surface area contributed by atoms with Crippen molar-refractivity contribution in [3.63, 3.8) is 0 Å². The van der Waals surface area contributed by atoms with E-state index in [4.69, 9.17) is 0 Å². The quantitative estimate of drug-likeness (QED) is 0.595. The van der Waals surface area contributed by atoms with Crippen LogP contribution in [0.15, 0.2) is 36.7 Å². The molecule has 0 unspecified atom stereocenters. The molecule has 86 valence electrons. The molecule has 4 nitrogen and oxygen atoms in total. The Morgan fingerprint density at radius 2 is 2.00 bits per heavy atom. The zero-order chi connectivity index (χ0) is 12.4. The molecule has 0 radical (unpaired) electrons. The Hall–Kier alpha value is -2.37. The summed E-state index contributed by atoms with van der Waals surface area (Å²) in [5.74, 6) is -2.05. The van der Waals surface area contributed by atoms with Gasteiger partial charge in [-0.1, -0.05) is 6.07 Å². The highest BCUT2D eigenvalue weighted by Gasteiger charge is 2.19. The van der Waals surface area contributed by atoms with Gasteiger partial charge in [-0.25, -0.2) is 4.39 Å². The third kappa shape index (κ3) is 2.10. The van der Waals surface area contributed by atoms with Gasteiger partial charge in [-0.05, 0) is 6.07 Å². The summed E-state index contributed by atoms with van der Waals surface area (Å²) in [5.41, 5.74) is -0.454. The molecule has 2 aromatic rings. The molecule has 6 heteroatoms. The van der Waals surface area contributed by atoms with Crippen LogP contribution < -0.4 is 0 Å². The van der Waals surface area contributed by atoms with Crippen LogP contribution in [-0.2, 0) is 0 Å². The maximum Gasteiger partial charge on any atom is 0.305 e. The molecule has 1 aromatic heterocycles. The lowest BCUT2D eigenvalue weighted by Gasteiger charge is -2.03. The van der Waals surface area contributed by atoms with Crippen molar-refractivity contribution in [2.75, 3.05) is 0 Å². The van der Waals surface area contributed by atoms with Gasteiger partial charge < -0.3 is 0 Å². The first-order chi connectivity index (χ1) is 8.09. The van der Waals surface area contributed by atoms with Crippen LogP contribution in [0.25, 0.3) is 11.1 Å². The highest BCUT2D eigenvalue weighted by Crippen LogP contribution is 2.28. The molecular weight excluding hydrogens is 230 g/mol. The summed E-state index contributed by atoms with van der Waals surface area (Å²) in [6.45, 7) is 0. The largest absolute Gasteiger partial charge is 0.305 e. The minimum absolute atomic E-state index is 0.0498. The molecule has 0 saturated heterocycles. The van der Waals surface area contributed by atoms with E-state index in [0.717, 1.165) is 6.07 Å². The fraction of sp³-hybridized carbons (Fsp3) is 0. The van der Waals surface area contributed by atoms with E-state index in [9.17, 15) is 18.9 Å². The number of rotatable bonds is 2. The Balaban J connectivity index is 2.63. The number of benzene rings is 1. The lowest BCUT2D eigenvalue weighted by atomic mass is 10.1. The summed E-state index contributed by atoms with van der Waals surface area (Å²) in [5, 5.41) is 10.5. The number of aromatic nitrogens is 1. The number of nitro groups is 1. The Kier molecular flexibility index (Phi) is 2.78. The summed E-state index contributed by atoms with van der Waals surface area (Å²) in [6, 6.07) is 4.46. The maximum absolute atomic E-state index is 13.5. The van der Waals surface area contributed by atoms with Gasteiger partial charge in [0, 0.05) is 35.7 Å². The average Bonchev–Trinajstić information content (AvgIpc) is 2.29. The lowest BCUT2D eigenvalue weighted by molar-refractivity contribution is -0.387. The zero-order valence-electron chi connectivity index (χ0n) is 8.43. The van der Waals surface area contributed by atoms with Gasteiger partial charge in [0.1, 0.15) is 5.82 Å². The molecule has 0 atom stereocenters. The number of hydrogen-bond acceptors (Lipinski definition) is 3. The van der Waals surface area contributed by atoms with Gasteiger partial charge in [-0.15, -0.1) is 0 Å². The van der Waals surface area contributed by atoms with E-state index in [1.54, 1.807) is 6.07 Å². The standard InChI is InChI=1S/C11H6F2N2O2/c12-9-5-10(13)11(15(16)17)4-8(9)7-2-1-3-14-6-7/h1-6H. The first kappa shape index (κ1) is 11.1. The third-order valence-electron chi connectivity index (χ3n) is 2.21. The van der Waals surface area contributed by atoms with Crippen LogP contribution in [0.2, 0.25) is 0 Å². The van der Waals surface area contributed by atoms with Crippen molar-refractivity contribution in [2.45, 2.75) is 0 Å². The molecular formula is C11H6F2N2O2. The van der Waals surface area contributed by atoms with Crippen molar-refractivity contribution in [1.82, 2.24) is 4.98 Å². The molecule has 0 saturated carbocycles. The molecule has 0 aliphatic heterocycles. The molecule has 2 rings (SSSR count). The minimum atomic E-state index is -1.19. The van der Waals surface area contributed by atoms with E-state index in [1.807, 2.05) is 0 Å². The molecule has 0 N–H and O–H groups in total. The van der Waals surface area contributed by atoms with Gasteiger partial charge >= 0.3 is 5.69 Å². The summed E-state index contributed by atoms with van der Waals surface area (Å²) in [6.07, 6.45) is 2.83. The maximum atomic E-state index is 13.5. The second kappa shape index (κ2) is 4.25. The van der Waals surface area contributed by atoms with E-state index in [2.05, 4.69) is 4.98 Å². The molecule has 0 bridgehead atoms. The summed E-state index contributed by atoms with van der Waals surface area (Å²) >= 11 is 0. The van der Waals surface area contributed by atoms with Gasteiger partial charge in [-0.2, -0.15) is 4.39 Å². The fourth-order valence-corrected chi connectivity index (χ4v) is 1.42. The number of halogens is 2. The summed E-state index contributed by atoms with van der Waals surface area (Å²) in [4.78, 5) is 13.4. The first-order valence-electron chi connectivity index (χ1n) is 4.63. The SMILES string of the molecule is O=[N+]([O-])c1cc(-c2cccnc2)c(F)cc1F. The minimum Gasteiger partial charge on any atom is -0.264 e. The van der Waals surface area contributed by atoms with Gasteiger partial charge in [0.15, 0.2) is 0 Å². The molecule has 0 spiro atoms. The van der Waals surface area contributed by atoms with Gasteiger partial charge in [0.05, 0.1) is 4.92 Å². The van der Waals surface area contributed by atoms with E-state index in [-0.39, 0.29) is 5.56 Å². The van der Waals surface area contributed by atoms with E-state index in [1.165, 1.54) is 18.5 Å². The van der Waals surface area contributed by atoms with Crippen molar-refractivity contribution in [3.8, 4) is 11.1 Å². The van der Waals surface area contributed by atoms with E-state index in [0.29, 0.717) is 11.6 Å². The monoisotopic (exact) mass is 236 g/mol. The number of nitro benzene ring substituents is 1. The van der Waals surface area contributed by atoms with E-state index >= 15 is 0 Å². The van der Waals surface area contributed by atoms with Crippen LogP contribution in [0, 0.1) is 21.7 Å². The first-order valence-corrected chi connectivity index (χ1v) is 4.63. The Morgan fingerprint density at radius 3 is 2.59 bits per heavy atom. The predicted molar refractivity (Wildman–Crippen MR) is 56.2 cm³/mol. The Morgan fingerprint density at radius 1 is 1.24 bits per heavy atom. The molecule has 0 fully saturated rings. The van der Waals surface area contributed by atoms with Crippen LogP contribution in [-0.4, -0.2) is 9.91 Å². The average molecular weight is 236 g/mol. The molecule has 0 amide bonds. The van der Waals surface area contributed by atoms with Gasteiger partial charge in [0.2, 0.25) is 5.82 Å². The van der Waals surface area contributed by atoms with Crippen molar-refractivity contribution >= 4 is 5.69 Å². The van der Waals surface area contributed by atoms with Gasteiger partial charge in [0.25, 0.3) is 0 Å². The molecule has 1 aromatic carbocycles. The van der Waals surface area contributed by atoms with Crippen molar-refractivity contribution < 1.29 is 13.7 Å². The van der Waals surface area contributed by atoms with Gasteiger partial charge in [-0.3, -0.25) is 15.1 Å². The van der Waals surface area contributed by atoms with E-state index < -0.39 is 22.2 Å². The topological polar surface area (TPSA) is 56.0 Å². The molecule has 1 heterocycles. The number of nitrogens with zero attached hydrogens (tertiary/aromatic N) is 2. The molecule has 17 heavy (non-hydrogen) atoms. The third-order valence-corrected chi connectivity index (χ3v) is 2.21. The Bertz CT molecular complexity index is 573. The molecule has 0 aliphatic rings. The normalized spacial score (nSPS) is 10.2. The summed E-state index contributed by atoms with van der Waals surface area (Å²) < 4.78 is 26.6.